The van der Waals surface area contributed by atoms with Gasteiger partial charge in [-0.15, -0.1) is 11.6 Å². The van der Waals surface area contributed by atoms with Gasteiger partial charge in [0.1, 0.15) is 0 Å². The third kappa shape index (κ3) is 18.5. The summed E-state index contributed by atoms with van der Waals surface area (Å²) in [7, 11) is 0. The summed E-state index contributed by atoms with van der Waals surface area (Å²) in [6.45, 7) is 2.28. The maximum Gasteiger partial charge on any atom is 0.306 e. The molecule has 26 heavy (non-hydrogen) atoms. The molecule has 0 saturated carbocycles. The van der Waals surface area contributed by atoms with Crippen LogP contribution >= 0.6 is 11.6 Å². The van der Waals surface area contributed by atoms with Crippen LogP contribution in [-0.4, -0.2) is 17.0 Å². The minimum atomic E-state index is -0.643. The van der Waals surface area contributed by atoms with Crippen molar-refractivity contribution in [1.29, 1.82) is 0 Å². The van der Waals surface area contributed by atoms with E-state index in [2.05, 4.69) is 6.92 Å². The number of carbonyl (C=O) groups is 1. The van der Waals surface area contributed by atoms with Gasteiger partial charge in [0.15, 0.2) is 0 Å². The molecular formula is C23H45ClO2. The predicted molar refractivity (Wildman–Crippen MR) is 115 cm³/mol. The number of carboxylic acid groups (broad SMARTS) is 1. The van der Waals surface area contributed by atoms with Crippen molar-refractivity contribution in [2.75, 3.05) is 5.88 Å². The molecule has 0 radical (unpaired) electrons. The Morgan fingerprint density at radius 2 is 1.00 bits per heavy atom. The standard InChI is InChI=1S/C23H45ClO2/c1-2-3-4-5-6-7-8-9-10-11-12-13-14-15-16-17-19-22(23(25)26)20-18-21-24/h22H,2-21H2,1H3,(H,25,26). The molecule has 0 aliphatic carbocycles. The number of carboxylic acids is 1. The molecule has 0 heterocycles. The molecule has 1 N–H and O–H groups in total. The molecule has 0 saturated heterocycles. The Morgan fingerprint density at radius 3 is 1.35 bits per heavy atom. The lowest BCUT2D eigenvalue weighted by Crippen LogP contribution is -2.13. The van der Waals surface area contributed by atoms with Gasteiger partial charge in [0.05, 0.1) is 5.92 Å². The van der Waals surface area contributed by atoms with Crippen molar-refractivity contribution >= 4 is 17.6 Å². The van der Waals surface area contributed by atoms with Crippen LogP contribution in [0.15, 0.2) is 0 Å². The zero-order valence-electron chi connectivity index (χ0n) is 17.5. The first-order valence-corrected chi connectivity index (χ1v) is 12.0. The first-order chi connectivity index (χ1) is 12.7. The summed E-state index contributed by atoms with van der Waals surface area (Å²) in [5, 5.41) is 9.18. The van der Waals surface area contributed by atoms with Crippen molar-refractivity contribution in [3.05, 3.63) is 0 Å². The highest BCUT2D eigenvalue weighted by atomic mass is 35.5. The first-order valence-electron chi connectivity index (χ1n) is 11.5. The van der Waals surface area contributed by atoms with E-state index in [1.54, 1.807) is 0 Å². The zero-order chi connectivity index (χ0) is 19.3. The van der Waals surface area contributed by atoms with Gasteiger partial charge in [0.25, 0.3) is 0 Å². The molecule has 0 aromatic rings. The van der Waals surface area contributed by atoms with E-state index in [1.807, 2.05) is 0 Å². The summed E-state index contributed by atoms with van der Waals surface area (Å²) in [4.78, 5) is 11.2. The molecule has 0 spiro atoms. The van der Waals surface area contributed by atoms with Gasteiger partial charge in [0.2, 0.25) is 0 Å². The molecule has 0 fully saturated rings. The van der Waals surface area contributed by atoms with E-state index in [1.165, 1.54) is 96.3 Å². The summed E-state index contributed by atoms with van der Waals surface area (Å²) in [5.41, 5.74) is 0. The Labute approximate surface area is 168 Å². The quantitative estimate of drug-likeness (QED) is 0.158. The predicted octanol–water partition coefficient (Wildman–Crippen LogP) is 8.36. The molecule has 0 aliphatic heterocycles. The topological polar surface area (TPSA) is 37.3 Å². The summed E-state index contributed by atoms with van der Waals surface area (Å²) < 4.78 is 0. The lowest BCUT2D eigenvalue weighted by atomic mass is 9.96. The molecule has 2 nitrogen and oxygen atoms in total. The van der Waals surface area contributed by atoms with Gasteiger partial charge in [-0.1, -0.05) is 110 Å². The van der Waals surface area contributed by atoms with Gasteiger partial charge in [0, 0.05) is 5.88 Å². The lowest BCUT2D eigenvalue weighted by molar-refractivity contribution is -0.142. The van der Waals surface area contributed by atoms with Crippen LogP contribution in [0.5, 0.6) is 0 Å². The molecule has 0 aromatic carbocycles. The molecule has 1 unspecified atom stereocenters. The van der Waals surface area contributed by atoms with Gasteiger partial charge < -0.3 is 5.11 Å². The number of hydrogen-bond acceptors (Lipinski definition) is 1. The summed E-state index contributed by atoms with van der Waals surface area (Å²) in [6, 6.07) is 0. The third-order valence-corrected chi connectivity index (χ3v) is 5.71. The number of alkyl halides is 1. The fourth-order valence-corrected chi connectivity index (χ4v) is 3.81. The van der Waals surface area contributed by atoms with Crippen LogP contribution in [-0.2, 0) is 4.79 Å². The molecule has 1 atom stereocenters. The fraction of sp³-hybridized carbons (Fsp3) is 0.957. The maximum absolute atomic E-state index is 11.2. The van der Waals surface area contributed by atoms with E-state index < -0.39 is 5.97 Å². The van der Waals surface area contributed by atoms with Gasteiger partial charge in [-0.3, -0.25) is 4.79 Å². The number of hydrogen-bond donors (Lipinski definition) is 1. The Morgan fingerprint density at radius 1 is 0.654 bits per heavy atom. The van der Waals surface area contributed by atoms with Crippen molar-refractivity contribution < 1.29 is 9.90 Å². The normalized spacial score (nSPS) is 12.4. The third-order valence-electron chi connectivity index (χ3n) is 5.44. The van der Waals surface area contributed by atoms with Crippen molar-refractivity contribution in [2.45, 2.75) is 129 Å². The Balaban J connectivity index is 3.22. The van der Waals surface area contributed by atoms with Crippen LogP contribution < -0.4 is 0 Å². The molecule has 0 amide bonds. The average molecular weight is 389 g/mol. The van der Waals surface area contributed by atoms with E-state index in [0.717, 1.165) is 25.7 Å². The monoisotopic (exact) mass is 388 g/mol. The van der Waals surface area contributed by atoms with Crippen LogP contribution in [0, 0.1) is 5.92 Å². The van der Waals surface area contributed by atoms with E-state index in [9.17, 15) is 9.90 Å². The summed E-state index contributed by atoms with van der Waals surface area (Å²) in [5.74, 6) is -0.251. The number of halogens is 1. The first kappa shape index (κ1) is 25.8. The van der Waals surface area contributed by atoms with Crippen molar-refractivity contribution in [2.24, 2.45) is 5.92 Å². The van der Waals surface area contributed by atoms with Gasteiger partial charge in [-0.05, 0) is 19.3 Å². The van der Waals surface area contributed by atoms with Crippen LogP contribution in [0.2, 0.25) is 0 Å². The molecular weight excluding hydrogens is 344 g/mol. The van der Waals surface area contributed by atoms with Crippen LogP contribution in [0.4, 0.5) is 0 Å². The summed E-state index contributed by atoms with van der Waals surface area (Å²) >= 11 is 5.66. The molecule has 0 aromatic heterocycles. The molecule has 0 rings (SSSR count). The van der Waals surface area contributed by atoms with E-state index in [4.69, 9.17) is 11.6 Å². The van der Waals surface area contributed by atoms with Gasteiger partial charge in [-0.25, -0.2) is 0 Å². The number of aliphatic carboxylic acids is 1. The highest BCUT2D eigenvalue weighted by Crippen LogP contribution is 2.18. The molecule has 0 aliphatic rings. The van der Waals surface area contributed by atoms with Crippen molar-refractivity contribution in [1.82, 2.24) is 0 Å². The SMILES string of the molecule is CCCCCCCCCCCCCCCCCCC(CCCCl)C(=O)O. The molecule has 0 bridgehead atoms. The lowest BCUT2D eigenvalue weighted by Gasteiger charge is -2.11. The second-order valence-electron chi connectivity index (χ2n) is 7.96. The van der Waals surface area contributed by atoms with Gasteiger partial charge >= 0.3 is 5.97 Å². The van der Waals surface area contributed by atoms with Crippen LogP contribution in [0.3, 0.4) is 0 Å². The molecule has 3 heteroatoms. The minimum absolute atomic E-state index is 0.180. The molecule has 156 valence electrons. The highest BCUT2D eigenvalue weighted by molar-refractivity contribution is 6.17. The second-order valence-corrected chi connectivity index (χ2v) is 8.34. The van der Waals surface area contributed by atoms with E-state index >= 15 is 0 Å². The number of rotatable bonds is 21. The smallest absolute Gasteiger partial charge is 0.306 e. The Kier molecular flexibility index (Phi) is 20.9. The van der Waals surface area contributed by atoms with Crippen molar-refractivity contribution in [3.8, 4) is 0 Å². The van der Waals surface area contributed by atoms with Crippen LogP contribution in [0.1, 0.15) is 129 Å². The number of unbranched alkanes of at least 4 members (excludes halogenated alkanes) is 15. The fourth-order valence-electron chi connectivity index (χ4n) is 3.65. The van der Waals surface area contributed by atoms with Gasteiger partial charge in [-0.2, -0.15) is 0 Å². The maximum atomic E-state index is 11.2. The minimum Gasteiger partial charge on any atom is -0.481 e. The zero-order valence-corrected chi connectivity index (χ0v) is 18.2. The van der Waals surface area contributed by atoms with E-state index in [-0.39, 0.29) is 5.92 Å². The summed E-state index contributed by atoms with van der Waals surface area (Å²) in [6.07, 6.45) is 24.1. The van der Waals surface area contributed by atoms with Crippen molar-refractivity contribution in [3.63, 3.8) is 0 Å². The average Bonchev–Trinajstić information content (AvgIpc) is 2.63. The Bertz CT molecular complexity index is 294. The highest BCUT2D eigenvalue weighted by Gasteiger charge is 2.15. The van der Waals surface area contributed by atoms with E-state index in [0.29, 0.717) is 5.88 Å². The largest absolute Gasteiger partial charge is 0.481 e. The second kappa shape index (κ2) is 21.1. The Hall–Kier alpha value is -0.240. The van der Waals surface area contributed by atoms with Crippen LogP contribution in [0.25, 0.3) is 0 Å².